The van der Waals surface area contributed by atoms with Crippen LogP contribution in [0.5, 0.6) is 0 Å². The number of likely N-dealkylation sites (N-methyl/N-ethyl adjacent to an activating group) is 1. The third-order valence-electron chi connectivity index (χ3n) is 9.75. The Morgan fingerprint density at radius 3 is 2.09 bits per heavy atom. The van der Waals surface area contributed by atoms with Gasteiger partial charge in [0.05, 0.1) is 82.6 Å². The number of benzene rings is 2. The Morgan fingerprint density at radius 1 is 0.782 bits per heavy atom. The SMILES string of the molecule is Cc1c(N2CCN(C)CC2=O)nc2cc(F)cc(F)c2c1Nc1cncc(N2CCOCC2)c1.Cc1c(N2CCNCC2=O)nc2cc(F)cc(F)c2c1Cl. The zero-order valence-electron chi connectivity index (χ0n) is 30.4. The van der Waals surface area contributed by atoms with Crippen molar-refractivity contribution >= 4 is 73.9 Å². The van der Waals surface area contributed by atoms with Gasteiger partial charge in [0.1, 0.15) is 34.9 Å². The van der Waals surface area contributed by atoms with Crippen LogP contribution < -0.4 is 25.3 Å². The predicted octanol–water partition coefficient (Wildman–Crippen LogP) is 5.49. The van der Waals surface area contributed by atoms with E-state index in [-0.39, 0.29) is 51.7 Å². The van der Waals surface area contributed by atoms with Crippen molar-refractivity contribution in [1.82, 2.24) is 25.2 Å². The summed E-state index contributed by atoms with van der Waals surface area (Å²) >= 11 is 6.20. The molecule has 0 aliphatic carbocycles. The lowest BCUT2D eigenvalue weighted by molar-refractivity contribution is -0.121. The number of pyridine rings is 3. The quantitative estimate of drug-likeness (QED) is 0.222. The van der Waals surface area contributed by atoms with Crippen LogP contribution in [0.25, 0.3) is 21.8 Å². The van der Waals surface area contributed by atoms with Gasteiger partial charge in [-0.25, -0.2) is 27.5 Å². The highest BCUT2D eigenvalue weighted by molar-refractivity contribution is 6.36. The summed E-state index contributed by atoms with van der Waals surface area (Å²) in [5.74, 6) is -2.44. The number of nitrogens with one attached hydrogen (secondary N) is 2. The van der Waals surface area contributed by atoms with Gasteiger partial charge in [-0.15, -0.1) is 0 Å². The van der Waals surface area contributed by atoms with Crippen LogP contribution in [0.1, 0.15) is 11.1 Å². The molecule has 3 saturated heterocycles. The van der Waals surface area contributed by atoms with Gasteiger partial charge in [-0.05, 0) is 27.0 Å². The van der Waals surface area contributed by atoms with E-state index in [1.807, 2.05) is 18.0 Å². The van der Waals surface area contributed by atoms with Gasteiger partial charge >= 0.3 is 0 Å². The fourth-order valence-corrected chi connectivity index (χ4v) is 7.18. The van der Waals surface area contributed by atoms with Gasteiger partial charge in [-0.2, -0.15) is 0 Å². The molecule has 288 valence electrons. The van der Waals surface area contributed by atoms with Crippen molar-refractivity contribution in [1.29, 1.82) is 0 Å². The van der Waals surface area contributed by atoms with E-state index in [0.29, 0.717) is 73.5 Å². The van der Waals surface area contributed by atoms with Crippen molar-refractivity contribution < 1.29 is 31.9 Å². The maximum Gasteiger partial charge on any atom is 0.242 e. The maximum absolute atomic E-state index is 15.0. The molecule has 2 N–H and O–H groups in total. The first-order valence-corrected chi connectivity index (χ1v) is 18.1. The molecule has 3 aromatic heterocycles. The molecule has 3 fully saturated rings. The minimum atomic E-state index is -0.760. The Hall–Kier alpha value is -5.16. The number of carbonyl (C=O) groups is 2. The van der Waals surface area contributed by atoms with Crippen molar-refractivity contribution in [2.75, 3.05) is 92.6 Å². The molecular weight excluding hydrogens is 742 g/mol. The van der Waals surface area contributed by atoms with Gasteiger partial charge < -0.3 is 20.3 Å². The van der Waals surface area contributed by atoms with Crippen LogP contribution in [0.4, 0.5) is 46.3 Å². The fourth-order valence-electron chi connectivity index (χ4n) is 6.90. The van der Waals surface area contributed by atoms with Gasteiger partial charge in [0.15, 0.2) is 0 Å². The van der Waals surface area contributed by atoms with Crippen molar-refractivity contribution in [2.45, 2.75) is 13.8 Å². The van der Waals surface area contributed by atoms with E-state index in [4.69, 9.17) is 16.3 Å². The van der Waals surface area contributed by atoms with E-state index in [0.717, 1.165) is 37.0 Å². The minimum absolute atomic E-state index is 0.0712. The van der Waals surface area contributed by atoms with E-state index in [2.05, 4.69) is 30.5 Å². The molecule has 2 aromatic carbocycles. The number of hydrogen-bond acceptors (Lipinski definition) is 10. The average molecular weight is 780 g/mol. The average Bonchev–Trinajstić information content (AvgIpc) is 3.15. The summed E-state index contributed by atoms with van der Waals surface area (Å²) in [6.07, 6.45) is 3.43. The number of fused-ring (bicyclic) bond motifs is 2. The molecule has 3 aliphatic rings. The summed E-state index contributed by atoms with van der Waals surface area (Å²) in [4.78, 5) is 45.0. The molecule has 0 saturated carbocycles. The molecule has 55 heavy (non-hydrogen) atoms. The molecule has 17 heteroatoms. The molecule has 12 nitrogen and oxygen atoms in total. The lowest BCUT2D eigenvalue weighted by Crippen LogP contribution is -2.49. The first-order chi connectivity index (χ1) is 26.4. The van der Waals surface area contributed by atoms with Crippen LogP contribution in [0.15, 0.2) is 42.7 Å². The topological polar surface area (TPSA) is 119 Å². The Balaban J connectivity index is 0.000000190. The normalized spacial score (nSPS) is 16.8. The summed E-state index contributed by atoms with van der Waals surface area (Å²) in [5, 5.41) is 6.63. The number of aromatic nitrogens is 3. The fraction of sp³-hybridized carbons (Fsp3) is 0.342. The van der Waals surface area contributed by atoms with Gasteiger partial charge in [-0.1, -0.05) is 11.6 Å². The molecule has 5 aromatic rings. The van der Waals surface area contributed by atoms with Crippen LogP contribution in [0.2, 0.25) is 5.02 Å². The smallest absolute Gasteiger partial charge is 0.242 e. The first-order valence-electron chi connectivity index (χ1n) is 17.7. The molecule has 8 rings (SSSR count). The van der Waals surface area contributed by atoms with Crippen molar-refractivity contribution in [2.24, 2.45) is 0 Å². The summed E-state index contributed by atoms with van der Waals surface area (Å²) in [6.45, 7) is 8.90. The van der Waals surface area contributed by atoms with Gasteiger partial charge in [0.2, 0.25) is 11.8 Å². The van der Waals surface area contributed by atoms with Gasteiger partial charge in [0.25, 0.3) is 0 Å². The minimum Gasteiger partial charge on any atom is -0.378 e. The van der Waals surface area contributed by atoms with Crippen LogP contribution in [0.3, 0.4) is 0 Å². The Labute approximate surface area is 319 Å². The van der Waals surface area contributed by atoms with E-state index in [1.165, 1.54) is 11.0 Å². The Bertz CT molecular complexity index is 2310. The zero-order chi connectivity index (χ0) is 39.0. The molecule has 6 heterocycles. The number of halogens is 5. The van der Waals surface area contributed by atoms with E-state index >= 15 is 4.39 Å². The third kappa shape index (κ3) is 7.85. The molecule has 3 aliphatic heterocycles. The molecule has 0 radical (unpaired) electrons. The number of rotatable bonds is 5. The number of hydrogen-bond donors (Lipinski definition) is 2. The van der Waals surface area contributed by atoms with Crippen LogP contribution >= 0.6 is 11.6 Å². The lowest BCUT2D eigenvalue weighted by Gasteiger charge is -2.33. The molecule has 0 unspecified atom stereocenters. The molecular formula is C38H38ClF4N9O3. The predicted molar refractivity (Wildman–Crippen MR) is 203 cm³/mol. The number of carbonyl (C=O) groups excluding carboxylic acids is 2. The third-order valence-corrected chi connectivity index (χ3v) is 10.2. The van der Waals surface area contributed by atoms with E-state index in [9.17, 15) is 22.8 Å². The van der Waals surface area contributed by atoms with Gasteiger partial charge in [-0.3, -0.25) is 29.3 Å². The highest BCUT2D eigenvalue weighted by atomic mass is 35.5. The number of anilines is 5. The van der Waals surface area contributed by atoms with Crippen LogP contribution in [0, 0.1) is 37.1 Å². The molecule has 0 atom stereocenters. The second-order valence-corrected chi connectivity index (χ2v) is 13.9. The largest absolute Gasteiger partial charge is 0.378 e. The standard InChI is InChI=1S/C24H26F2N6O2.C14H12ClF2N3O/c1-15-23(28-17-11-18(13-27-12-17)31-5-7-34-8-6-31)22-19(26)9-16(25)10-20(22)29-24(15)32-4-3-30(2)14-21(32)33;1-7-13(15)12-9(17)4-8(16)5-10(12)19-14(7)20-3-2-18-6-11(20)21/h9-13H,3-8,14H2,1-2H3,(H,28,29);4-5,18H,2-3,6H2,1H3. The maximum atomic E-state index is 15.0. The number of piperazine rings is 2. The van der Waals surface area contributed by atoms with Crippen molar-refractivity contribution in [3.05, 3.63) is 82.1 Å². The number of nitrogens with zero attached hydrogens (tertiary/aromatic N) is 7. The monoisotopic (exact) mass is 779 g/mol. The summed E-state index contributed by atoms with van der Waals surface area (Å²) < 4.78 is 61.8. The lowest BCUT2D eigenvalue weighted by atomic mass is 10.1. The number of ether oxygens (including phenoxy) is 1. The zero-order valence-corrected chi connectivity index (χ0v) is 31.1. The number of morpholine rings is 1. The Kier molecular flexibility index (Phi) is 11.0. The Morgan fingerprint density at radius 2 is 1.42 bits per heavy atom. The van der Waals surface area contributed by atoms with Gasteiger partial charge in [0, 0.05) is 74.7 Å². The molecule has 2 amide bonds. The summed E-state index contributed by atoms with van der Waals surface area (Å²) in [6, 6.07) is 5.85. The molecule has 0 spiro atoms. The number of amides is 2. The van der Waals surface area contributed by atoms with E-state index in [1.54, 1.807) is 31.1 Å². The van der Waals surface area contributed by atoms with E-state index < -0.39 is 23.3 Å². The first kappa shape index (κ1) is 38.1. The second-order valence-electron chi connectivity index (χ2n) is 13.5. The van der Waals surface area contributed by atoms with Crippen molar-refractivity contribution in [3.63, 3.8) is 0 Å². The van der Waals surface area contributed by atoms with Crippen molar-refractivity contribution in [3.8, 4) is 0 Å². The highest BCUT2D eigenvalue weighted by Gasteiger charge is 2.29. The highest BCUT2D eigenvalue weighted by Crippen LogP contribution is 2.38. The second kappa shape index (κ2) is 15.9. The summed E-state index contributed by atoms with van der Waals surface area (Å²) in [5.41, 5.74) is 3.36. The van der Waals surface area contributed by atoms with Crippen LogP contribution in [-0.2, 0) is 14.3 Å². The summed E-state index contributed by atoms with van der Waals surface area (Å²) in [7, 11) is 1.88. The van der Waals surface area contributed by atoms with Crippen LogP contribution in [-0.4, -0.2) is 104 Å². The molecule has 0 bridgehead atoms.